The summed E-state index contributed by atoms with van der Waals surface area (Å²) in [5, 5.41) is 12.1. The highest BCUT2D eigenvalue weighted by molar-refractivity contribution is 5.90. The number of pyridine rings is 2. The van der Waals surface area contributed by atoms with Gasteiger partial charge in [0.25, 0.3) is 5.56 Å². The molecule has 3 aliphatic heterocycles. The third-order valence-electron chi connectivity index (χ3n) is 8.80. The Morgan fingerprint density at radius 3 is 2.65 bits per heavy atom. The third-order valence-corrected chi connectivity index (χ3v) is 8.80. The first-order valence-electron chi connectivity index (χ1n) is 13.2. The fourth-order valence-electron chi connectivity index (χ4n) is 6.32. The van der Waals surface area contributed by atoms with Gasteiger partial charge in [-0.15, -0.1) is 0 Å². The van der Waals surface area contributed by atoms with Crippen LogP contribution in [0.2, 0.25) is 0 Å². The molecule has 1 aromatic carbocycles. The van der Waals surface area contributed by atoms with E-state index in [0.29, 0.717) is 40.5 Å². The van der Waals surface area contributed by atoms with Crippen molar-refractivity contribution in [2.24, 2.45) is 5.92 Å². The van der Waals surface area contributed by atoms with Crippen LogP contribution in [0.25, 0.3) is 22.3 Å². The molecule has 1 saturated heterocycles. The molecule has 1 fully saturated rings. The van der Waals surface area contributed by atoms with Gasteiger partial charge in [0, 0.05) is 28.6 Å². The van der Waals surface area contributed by atoms with E-state index in [1.54, 1.807) is 24.5 Å². The summed E-state index contributed by atoms with van der Waals surface area (Å²) in [6.45, 7) is 10.0. The van der Waals surface area contributed by atoms with E-state index in [9.17, 15) is 19.1 Å². The number of aryl methyl sites for hydroxylation is 1. The minimum atomic E-state index is -1.88. The number of benzene rings is 1. The average Bonchev–Trinajstić information content (AvgIpc) is 3.24. The molecule has 3 aliphatic rings. The molecule has 8 heteroatoms. The molecule has 2 aromatic heterocycles. The summed E-state index contributed by atoms with van der Waals surface area (Å²) in [6.07, 6.45) is 2.33. The lowest BCUT2D eigenvalue weighted by molar-refractivity contribution is -0.172. The number of likely N-dealkylation sites (tertiary alicyclic amines) is 1. The summed E-state index contributed by atoms with van der Waals surface area (Å²) in [5.74, 6) is -0.381. The largest absolute Gasteiger partial charge is 0.458 e. The van der Waals surface area contributed by atoms with E-state index in [4.69, 9.17) is 9.72 Å². The van der Waals surface area contributed by atoms with Crippen LogP contribution in [0.5, 0.6) is 0 Å². The summed E-state index contributed by atoms with van der Waals surface area (Å²) >= 11 is 0. The molecule has 37 heavy (non-hydrogen) atoms. The molecule has 0 spiro atoms. The Morgan fingerprint density at radius 1 is 1.22 bits per heavy atom. The molecule has 0 radical (unpaired) electrons. The Labute approximate surface area is 214 Å². The second-order valence-corrected chi connectivity index (χ2v) is 11.0. The smallest absolute Gasteiger partial charge is 0.343 e. The lowest BCUT2D eigenvalue weighted by atomic mass is 9.86. The van der Waals surface area contributed by atoms with Gasteiger partial charge >= 0.3 is 5.97 Å². The van der Waals surface area contributed by atoms with Gasteiger partial charge in [-0.2, -0.15) is 0 Å². The van der Waals surface area contributed by atoms with Gasteiger partial charge in [0.1, 0.15) is 12.4 Å². The second kappa shape index (κ2) is 8.46. The van der Waals surface area contributed by atoms with Crippen molar-refractivity contribution in [3.63, 3.8) is 0 Å². The van der Waals surface area contributed by atoms with E-state index >= 15 is 0 Å². The maximum atomic E-state index is 14.7. The maximum absolute atomic E-state index is 14.7. The number of halogens is 1. The molecule has 6 rings (SSSR count). The summed E-state index contributed by atoms with van der Waals surface area (Å²) < 4.78 is 21.6. The van der Waals surface area contributed by atoms with Crippen molar-refractivity contribution in [1.82, 2.24) is 14.5 Å². The van der Waals surface area contributed by atoms with Crippen molar-refractivity contribution in [1.29, 1.82) is 0 Å². The van der Waals surface area contributed by atoms with Gasteiger partial charge in [0.05, 0.1) is 29.0 Å². The molecule has 7 nitrogen and oxygen atoms in total. The zero-order valence-electron chi connectivity index (χ0n) is 21.7. The number of hydrogen-bond acceptors (Lipinski definition) is 6. The zero-order chi connectivity index (χ0) is 26.2. The molecule has 0 aliphatic carbocycles. The third kappa shape index (κ3) is 3.49. The second-order valence-electron chi connectivity index (χ2n) is 11.0. The molecule has 0 amide bonds. The van der Waals surface area contributed by atoms with Gasteiger partial charge in [0.15, 0.2) is 5.60 Å². The van der Waals surface area contributed by atoms with Crippen LogP contribution in [0.1, 0.15) is 73.9 Å². The van der Waals surface area contributed by atoms with Crippen molar-refractivity contribution in [3.05, 3.63) is 62.2 Å². The number of nitrogens with zero attached hydrogens (tertiary/aromatic N) is 3. The van der Waals surface area contributed by atoms with Crippen LogP contribution in [-0.4, -0.2) is 38.6 Å². The Hall–Kier alpha value is -3.10. The van der Waals surface area contributed by atoms with Crippen LogP contribution in [0.3, 0.4) is 0 Å². The van der Waals surface area contributed by atoms with Crippen LogP contribution in [0.4, 0.5) is 4.39 Å². The summed E-state index contributed by atoms with van der Waals surface area (Å²) in [6, 6.07) is 5.11. The lowest BCUT2D eigenvalue weighted by Gasteiger charge is -2.36. The molecule has 0 unspecified atom stereocenters. The molecule has 2 atom stereocenters. The van der Waals surface area contributed by atoms with Crippen LogP contribution in [0, 0.1) is 18.7 Å². The number of esters is 1. The molecular formula is C29H32FN3O4. The van der Waals surface area contributed by atoms with E-state index in [0.717, 1.165) is 42.4 Å². The van der Waals surface area contributed by atoms with Gasteiger partial charge in [0.2, 0.25) is 0 Å². The number of piperidine rings is 1. The molecule has 194 valence electrons. The van der Waals surface area contributed by atoms with Crippen LogP contribution in [0.15, 0.2) is 23.0 Å². The molecule has 0 bridgehead atoms. The first kappa shape index (κ1) is 24.2. The molecule has 3 aromatic rings. The SMILES string of the molecule is CC[C@@]1(O)C(=O)OCc2c1cc1n(c2=O)Cc2c-1nc1cc(F)c(C)cc1c2[C@@H](C)N1CCC(C)CC1. The Kier molecular flexibility index (Phi) is 5.55. The summed E-state index contributed by atoms with van der Waals surface area (Å²) in [5.41, 5.74) is 2.67. The topological polar surface area (TPSA) is 84.7 Å². The Morgan fingerprint density at radius 2 is 1.95 bits per heavy atom. The number of cyclic esters (lactones) is 1. The van der Waals surface area contributed by atoms with Gasteiger partial charge in [-0.3, -0.25) is 9.69 Å². The first-order chi connectivity index (χ1) is 17.6. The highest BCUT2D eigenvalue weighted by Crippen LogP contribution is 2.43. The monoisotopic (exact) mass is 505 g/mol. The van der Waals surface area contributed by atoms with E-state index in [1.807, 2.05) is 6.07 Å². The highest BCUT2D eigenvalue weighted by Gasteiger charge is 2.45. The molecule has 1 N–H and O–H groups in total. The van der Waals surface area contributed by atoms with E-state index < -0.39 is 11.6 Å². The van der Waals surface area contributed by atoms with Crippen molar-refractivity contribution < 1.29 is 19.0 Å². The van der Waals surface area contributed by atoms with Crippen molar-refractivity contribution >= 4 is 16.9 Å². The van der Waals surface area contributed by atoms with E-state index in [-0.39, 0.29) is 36.0 Å². The first-order valence-corrected chi connectivity index (χ1v) is 13.2. The van der Waals surface area contributed by atoms with Crippen molar-refractivity contribution in [2.45, 2.75) is 71.8 Å². The standard InChI is InChI=1S/C29H32FN3O4/c1-5-29(36)21-11-24-26-19(13-33(24)27(34)20(21)14-37-28(29)35)25(17(4)32-8-6-15(2)7-9-32)18-10-16(3)22(30)12-23(18)31-26/h10-12,15,17,36H,5-9,13-14H2,1-4H3/t17-,29+/m1/s1. The van der Waals surface area contributed by atoms with Crippen LogP contribution in [-0.2, 0) is 28.3 Å². The predicted octanol–water partition coefficient (Wildman–Crippen LogP) is 4.32. The van der Waals surface area contributed by atoms with E-state index in [2.05, 4.69) is 18.7 Å². The number of carbonyl (C=O) groups excluding carboxylic acids is 1. The average molecular weight is 506 g/mol. The van der Waals surface area contributed by atoms with Crippen molar-refractivity contribution in [2.75, 3.05) is 13.1 Å². The normalized spacial score (nSPS) is 22.5. The number of ether oxygens (including phenoxy) is 1. The summed E-state index contributed by atoms with van der Waals surface area (Å²) in [4.78, 5) is 33.5. The molecule has 5 heterocycles. The fourth-order valence-corrected chi connectivity index (χ4v) is 6.32. The molecular weight excluding hydrogens is 473 g/mol. The number of carbonyl (C=O) groups is 1. The molecule has 0 saturated carbocycles. The van der Waals surface area contributed by atoms with Gasteiger partial charge < -0.3 is 14.4 Å². The number of hydrogen-bond donors (Lipinski definition) is 1. The fraction of sp³-hybridized carbons (Fsp3) is 0.483. The number of rotatable bonds is 3. The Bertz CT molecular complexity index is 1520. The van der Waals surface area contributed by atoms with E-state index in [1.165, 1.54) is 6.07 Å². The number of aromatic nitrogens is 2. The summed E-state index contributed by atoms with van der Waals surface area (Å²) in [7, 11) is 0. The minimum absolute atomic E-state index is 0.0498. The highest BCUT2D eigenvalue weighted by atomic mass is 19.1. The number of aliphatic hydroxyl groups is 1. The van der Waals surface area contributed by atoms with Crippen molar-refractivity contribution in [3.8, 4) is 11.4 Å². The lowest BCUT2D eigenvalue weighted by Crippen LogP contribution is -2.44. The predicted molar refractivity (Wildman–Crippen MR) is 138 cm³/mol. The van der Waals surface area contributed by atoms with Gasteiger partial charge in [-0.05, 0) is 75.4 Å². The minimum Gasteiger partial charge on any atom is -0.458 e. The van der Waals surface area contributed by atoms with Crippen LogP contribution >= 0.6 is 0 Å². The van der Waals surface area contributed by atoms with Crippen LogP contribution < -0.4 is 5.56 Å². The quantitative estimate of drug-likeness (QED) is 0.418. The van der Waals surface area contributed by atoms with Gasteiger partial charge in [-0.1, -0.05) is 13.8 Å². The maximum Gasteiger partial charge on any atom is 0.343 e. The van der Waals surface area contributed by atoms with Gasteiger partial charge in [-0.25, -0.2) is 14.2 Å². The Balaban J connectivity index is 1.60. The number of fused-ring (bicyclic) bond motifs is 5. The zero-order valence-corrected chi connectivity index (χ0v) is 21.7.